The molecule has 1 atom stereocenters. The molecule has 12 heteroatoms. The van der Waals surface area contributed by atoms with E-state index < -0.39 is 26.8 Å². The maximum absolute atomic E-state index is 13.4. The second kappa shape index (κ2) is 8.67. The number of fused-ring (bicyclic) bond motifs is 2. The van der Waals surface area contributed by atoms with Crippen molar-refractivity contribution in [1.29, 1.82) is 0 Å². The first-order chi connectivity index (χ1) is 15.9. The van der Waals surface area contributed by atoms with Crippen LogP contribution in [0.25, 0.3) is 0 Å². The number of carbonyl (C=O) groups excluding carboxylic acids is 1. The first-order valence-corrected chi connectivity index (χ1v) is 12.8. The number of ether oxygens (including phenoxy) is 1. The van der Waals surface area contributed by atoms with Gasteiger partial charge in [-0.2, -0.15) is 12.9 Å². The van der Waals surface area contributed by atoms with Gasteiger partial charge in [-0.05, 0) is 73.6 Å². The second-order valence-electron chi connectivity index (χ2n) is 8.87. The van der Waals surface area contributed by atoms with Gasteiger partial charge in [0.05, 0.1) is 17.9 Å². The molecule has 0 saturated carbocycles. The number of hydrogen-bond donors (Lipinski definition) is 2. The fourth-order valence-corrected chi connectivity index (χ4v) is 6.60. The third-order valence-corrected chi connectivity index (χ3v) is 8.39. The Morgan fingerprint density at radius 1 is 1.18 bits per heavy atom. The largest absolute Gasteiger partial charge is 0.608 e. The van der Waals surface area contributed by atoms with Crippen molar-refractivity contribution < 1.29 is 22.4 Å². The molecule has 1 unspecified atom stereocenters. The molecule has 5 rings (SSSR count). The number of anilines is 2. The summed E-state index contributed by atoms with van der Waals surface area (Å²) in [5, 5.41) is 23.5. The third kappa shape index (κ3) is 4.01. The van der Waals surface area contributed by atoms with Crippen LogP contribution in [-0.4, -0.2) is 48.7 Å². The van der Waals surface area contributed by atoms with Crippen LogP contribution in [0.5, 0.6) is 0 Å². The van der Waals surface area contributed by atoms with Crippen LogP contribution < -0.4 is 14.1 Å². The van der Waals surface area contributed by atoms with E-state index >= 15 is 0 Å². The van der Waals surface area contributed by atoms with E-state index in [-0.39, 0.29) is 5.82 Å². The van der Waals surface area contributed by atoms with E-state index in [9.17, 15) is 18.4 Å². The highest BCUT2D eigenvalue weighted by atomic mass is 32.2. The lowest BCUT2D eigenvalue weighted by molar-refractivity contribution is -0.604. The van der Waals surface area contributed by atoms with Crippen LogP contribution in [0.1, 0.15) is 47.9 Å². The van der Waals surface area contributed by atoms with Crippen molar-refractivity contribution in [2.24, 2.45) is 7.05 Å². The molecule has 2 heterocycles. The molecule has 0 spiro atoms. The van der Waals surface area contributed by atoms with E-state index in [2.05, 4.69) is 21.7 Å². The summed E-state index contributed by atoms with van der Waals surface area (Å²) in [6.45, 7) is 0.721. The highest BCUT2D eigenvalue weighted by molar-refractivity contribution is 7.86. The quantitative estimate of drug-likeness (QED) is 0.605. The van der Waals surface area contributed by atoms with Gasteiger partial charge >= 0.3 is 16.2 Å². The van der Waals surface area contributed by atoms with E-state index in [1.165, 1.54) is 22.0 Å². The number of urea groups is 1. The maximum Gasteiger partial charge on any atom is 0.436 e. The van der Waals surface area contributed by atoms with E-state index in [0.29, 0.717) is 31.7 Å². The molecule has 2 amide bonds. The van der Waals surface area contributed by atoms with Crippen molar-refractivity contribution in [3.05, 3.63) is 39.7 Å². The summed E-state index contributed by atoms with van der Waals surface area (Å²) < 4.78 is 33.0. The van der Waals surface area contributed by atoms with E-state index in [1.54, 1.807) is 7.05 Å². The number of nitrogens with one attached hydrogen (secondary N) is 2. The highest BCUT2D eigenvalue weighted by Gasteiger charge is 2.41. The molecule has 3 aliphatic rings. The van der Waals surface area contributed by atoms with Crippen LogP contribution in [0.4, 0.5) is 16.3 Å². The van der Waals surface area contributed by atoms with Crippen LogP contribution in [0.2, 0.25) is 0 Å². The van der Waals surface area contributed by atoms with Crippen molar-refractivity contribution in [3.63, 3.8) is 0 Å². The van der Waals surface area contributed by atoms with Gasteiger partial charge in [-0.25, -0.2) is 9.10 Å². The Morgan fingerprint density at radius 2 is 1.82 bits per heavy atom. The van der Waals surface area contributed by atoms with Crippen LogP contribution in [0.15, 0.2) is 12.3 Å². The lowest BCUT2D eigenvalue weighted by atomic mass is 9.99. The predicted molar refractivity (Wildman–Crippen MR) is 120 cm³/mol. The number of benzene rings is 1. The molecule has 0 bridgehead atoms. The Balaban J connectivity index is 1.45. The SMILES string of the molecule is Cn1cc(N(C2CCOCC2)S(=O)(=O)[NH+]([O-])C(=O)Nc2c3c(cc4c2CCC4)CCC3)nn1. The van der Waals surface area contributed by atoms with Crippen molar-refractivity contribution in [1.82, 2.24) is 15.0 Å². The van der Waals surface area contributed by atoms with Crippen LogP contribution in [-0.2, 0) is 47.7 Å². The molecule has 178 valence electrons. The molecule has 2 aromatic rings. The first-order valence-electron chi connectivity index (χ1n) is 11.4. The summed E-state index contributed by atoms with van der Waals surface area (Å²) in [6, 6.07) is 0.535. The van der Waals surface area contributed by atoms with Gasteiger partial charge in [0, 0.05) is 20.3 Å². The Morgan fingerprint density at radius 3 is 2.39 bits per heavy atom. The molecule has 1 aromatic carbocycles. The molecular formula is C21H28N6O5S. The topological polar surface area (TPSA) is 134 Å². The van der Waals surface area contributed by atoms with Gasteiger partial charge in [0.25, 0.3) is 0 Å². The molecule has 1 aliphatic heterocycles. The third-order valence-electron chi connectivity index (χ3n) is 6.73. The van der Waals surface area contributed by atoms with Crippen LogP contribution >= 0.6 is 0 Å². The van der Waals surface area contributed by atoms with Gasteiger partial charge in [-0.15, -0.1) is 5.10 Å². The lowest BCUT2D eigenvalue weighted by Crippen LogP contribution is -3.14. The number of nitrogens with zero attached hydrogens (tertiary/aromatic N) is 4. The minimum absolute atomic E-state index is 0.0204. The molecular weight excluding hydrogens is 448 g/mol. The number of carbonyl (C=O) groups is 1. The Labute approximate surface area is 192 Å². The van der Waals surface area contributed by atoms with E-state index in [4.69, 9.17) is 4.74 Å². The summed E-state index contributed by atoms with van der Waals surface area (Å²) in [6.07, 6.45) is 7.67. The first kappa shape index (κ1) is 22.3. The number of aromatic nitrogens is 3. The molecule has 11 nitrogen and oxygen atoms in total. The molecule has 1 fully saturated rings. The van der Waals surface area contributed by atoms with Crippen LogP contribution in [0.3, 0.4) is 0 Å². The van der Waals surface area contributed by atoms with Gasteiger partial charge in [0.2, 0.25) is 0 Å². The normalized spacial score (nSPS) is 19.2. The second-order valence-corrected chi connectivity index (χ2v) is 10.6. The van der Waals surface area contributed by atoms with E-state index in [0.717, 1.165) is 54.0 Å². The minimum Gasteiger partial charge on any atom is -0.608 e. The van der Waals surface area contributed by atoms with Crippen molar-refractivity contribution in [2.75, 3.05) is 22.8 Å². The number of quaternary nitrogens is 1. The summed E-state index contributed by atoms with van der Waals surface area (Å²) in [4.78, 5) is 13.1. The number of aryl methyl sites for hydroxylation is 3. The van der Waals surface area contributed by atoms with Crippen LogP contribution in [0, 0.1) is 5.21 Å². The Hall–Kier alpha value is -2.54. The zero-order valence-electron chi connectivity index (χ0n) is 18.5. The summed E-state index contributed by atoms with van der Waals surface area (Å²) in [5.74, 6) is 0.0204. The molecule has 1 saturated heterocycles. The highest BCUT2D eigenvalue weighted by Crippen LogP contribution is 2.38. The molecule has 2 aliphatic carbocycles. The van der Waals surface area contributed by atoms with Gasteiger partial charge in [0.1, 0.15) is 0 Å². The fraction of sp³-hybridized carbons (Fsp3) is 0.571. The number of hydroxylamine groups is 1. The van der Waals surface area contributed by atoms with E-state index in [1.807, 2.05) is 0 Å². The maximum atomic E-state index is 13.4. The smallest absolute Gasteiger partial charge is 0.436 e. The average Bonchev–Trinajstić information content (AvgIpc) is 3.55. The average molecular weight is 477 g/mol. The molecule has 0 radical (unpaired) electrons. The van der Waals surface area contributed by atoms with Crippen molar-refractivity contribution in [3.8, 4) is 0 Å². The molecule has 2 N–H and O–H groups in total. The van der Waals surface area contributed by atoms with Crippen molar-refractivity contribution >= 4 is 27.7 Å². The summed E-state index contributed by atoms with van der Waals surface area (Å²) in [5.41, 5.74) is 5.08. The molecule has 33 heavy (non-hydrogen) atoms. The number of rotatable bonds is 5. The fourth-order valence-electron chi connectivity index (χ4n) is 5.20. The standard InChI is InChI=1S/C21H28N6O5S/c1-25-13-19(23-24-25)26(16-8-10-32-11-9-16)33(30,31)27(29)21(28)22-20-17-6-2-4-14(17)12-15-5-3-7-18(15)20/h12-13,16,27H,2-11H2,1H3,(H,22,28). The monoisotopic (exact) mass is 476 g/mol. The minimum atomic E-state index is -4.68. The number of amides is 2. The van der Waals surface area contributed by atoms with Gasteiger partial charge in [-0.3, -0.25) is 10.00 Å². The van der Waals surface area contributed by atoms with Gasteiger partial charge < -0.3 is 9.94 Å². The number of hydrogen-bond acceptors (Lipinski definition) is 7. The Bertz CT molecular complexity index is 1140. The molecule has 1 aromatic heterocycles. The zero-order valence-corrected chi connectivity index (χ0v) is 19.4. The zero-order chi connectivity index (χ0) is 23.2. The summed E-state index contributed by atoms with van der Waals surface area (Å²) >= 11 is 0. The summed E-state index contributed by atoms with van der Waals surface area (Å²) in [7, 11) is -3.07. The van der Waals surface area contributed by atoms with Gasteiger partial charge in [0.15, 0.2) is 5.82 Å². The lowest BCUT2D eigenvalue weighted by Gasteiger charge is -2.34. The van der Waals surface area contributed by atoms with Crippen molar-refractivity contribution in [2.45, 2.75) is 57.4 Å². The van der Waals surface area contributed by atoms with Gasteiger partial charge in [-0.1, -0.05) is 11.3 Å². The Kier molecular flexibility index (Phi) is 5.85. The predicted octanol–water partition coefficient (Wildman–Crippen LogP) is 0.638.